The van der Waals surface area contributed by atoms with E-state index >= 15 is 0 Å². The van der Waals surface area contributed by atoms with E-state index in [1.54, 1.807) is 23.0 Å². The van der Waals surface area contributed by atoms with Gasteiger partial charge >= 0.3 is 0 Å². The Morgan fingerprint density at radius 1 is 1.00 bits per heavy atom. The highest BCUT2D eigenvalue weighted by Crippen LogP contribution is 2.23. The van der Waals surface area contributed by atoms with Gasteiger partial charge in [0.15, 0.2) is 5.82 Å². The van der Waals surface area contributed by atoms with Gasteiger partial charge in [-0.15, -0.1) is 0 Å². The van der Waals surface area contributed by atoms with Crippen molar-refractivity contribution in [2.75, 3.05) is 0 Å². The van der Waals surface area contributed by atoms with Crippen LogP contribution in [0.3, 0.4) is 0 Å². The number of carbonyl (C=O) groups is 1. The third kappa shape index (κ3) is 3.89. The predicted molar refractivity (Wildman–Crippen MR) is 114 cm³/mol. The molecule has 4 aromatic rings. The zero-order valence-corrected chi connectivity index (χ0v) is 16.9. The molecular formula is C24H23FN4O. The number of amides is 1. The first-order valence-electron chi connectivity index (χ1n) is 9.87. The third-order valence-corrected chi connectivity index (χ3v) is 4.97. The van der Waals surface area contributed by atoms with Gasteiger partial charge in [0.25, 0.3) is 5.91 Å². The molecule has 0 saturated heterocycles. The fourth-order valence-electron chi connectivity index (χ4n) is 3.41. The molecule has 30 heavy (non-hydrogen) atoms. The van der Waals surface area contributed by atoms with Crippen LogP contribution in [0.1, 0.15) is 29.8 Å². The SMILES string of the molecule is CC(C)N(Cc1ccccc1)C(=O)c1cnn(-c2ccc(F)cc2)c1-n1cccc1. The maximum absolute atomic E-state index is 13.6. The molecule has 0 fully saturated rings. The van der Waals surface area contributed by atoms with Gasteiger partial charge in [0.2, 0.25) is 0 Å². The number of hydrogen-bond donors (Lipinski definition) is 0. The molecule has 0 aliphatic carbocycles. The molecule has 0 spiro atoms. The van der Waals surface area contributed by atoms with Gasteiger partial charge in [0.1, 0.15) is 11.4 Å². The first-order chi connectivity index (χ1) is 14.5. The summed E-state index contributed by atoms with van der Waals surface area (Å²) in [6.07, 6.45) is 5.32. The maximum Gasteiger partial charge on any atom is 0.259 e. The van der Waals surface area contributed by atoms with Crippen LogP contribution < -0.4 is 0 Å². The van der Waals surface area contributed by atoms with Crippen molar-refractivity contribution in [2.24, 2.45) is 0 Å². The van der Waals surface area contributed by atoms with Gasteiger partial charge < -0.3 is 9.47 Å². The maximum atomic E-state index is 13.6. The van der Waals surface area contributed by atoms with Crippen LogP contribution in [0, 0.1) is 5.82 Å². The highest BCUT2D eigenvalue weighted by molar-refractivity contribution is 5.97. The van der Waals surface area contributed by atoms with Crippen molar-refractivity contribution < 1.29 is 9.18 Å². The fraction of sp³-hybridized carbons (Fsp3) is 0.167. The quantitative estimate of drug-likeness (QED) is 0.463. The molecule has 0 aliphatic heterocycles. The van der Waals surface area contributed by atoms with E-state index in [0.717, 1.165) is 5.56 Å². The van der Waals surface area contributed by atoms with Crippen LogP contribution in [-0.4, -0.2) is 31.2 Å². The van der Waals surface area contributed by atoms with Crippen LogP contribution in [0.5, 0.6) is 0 Å². The summed E-state index contributed by atoms with van der Waals surface area (Å²) in [6.45, 7) is 4.51. The zero-order valence-electron chi connectivity index (χ0n) is 16.9. The normalized spacial score (nSPS) is 11.1. The van der Waals surface area contributed by atoms with Gasteiger partial charge in [-0.25, -0.2) is 9.07 Å². The number of nitrogens with zero attached hydrogens (tertiary/aromatic N) is 4. The van der Waals surface area contributed by atoms with Crippen LogP contribution in [0.2, 0.25) is 0 Å². The molecule has 0 radical (unpaired) electrons. The van der Waals surface area contributed by atoms with E-state index in [-0.39, 0.29) is 17.8 Å². The lowest BCUT2D eigenvalue weighted by atomic mass is 10.1. The molecule has 6 heteroatoms. The van der Waals surface area contributed by atoms with E-state index in [0.29, 0.717) is 23.6 Å². The second-order valence-corrected chi connectivity index (χ2v) is 7.37. The largest absolute Gasteiger partial charge is 0.332 e. The molecule has 0 unspecified atom stereocenters. The molecule has 0 N–H and O–H groups in total. The molecule has 0 saturated carbocycles. The molecular weight excluding hydrogens is 379 g/mol. The fourth-order valence-corrected chi connectivity index (χ4v) is 3.41. The summed E-state index contributed by atoms with van der Waals surface area (Å²) < 4.78 is 16.9. The summed E-state index contributed by atoms with van der Waals surface area (Å²) in [6, 6.07) is 19.8. The lowest BCUT2D eigenvalue weighted by molar-refractivity contribution is 0.0690. The standard InChI is InChI=1S/C24H23FN4O/c1-18(2)28(17-19-8-4-3-5-9-19)24(30)22-16-26-29(21-12-10-20(25)11-13-21)23(22)27-14-6-7-15-27/h3-16,18H,17H2,1-2H3. The average Bonchev–Trinajstić information content (AvgIpc) is 3.42. The highest BCUT2D eigenvalue weighted by Gasteiger charge is 2.26. The molecule has 4 rings (SSSR count). The van der Waals surface area contributed by atoms with Crippen LogP contribution >= 0.6 is 0 Å². The Bertz CT molecular complexity index is 1120. The first kappa shape index (κ1) is 19.6. The second kappa shape index (κ2) is 8.37. The van der Waals surface area contributed by atoms with Gasteiger partial charge in [0, 0.05) is 25.0 Å². The topological polar surface area (TPSA) is 43.1 Å². The molecule has 2 heterocycles. The third-order valence-electron chi connectivity index (χ3n) is 4.97. The summed E-state index contributed by atoms with van der Waals surface area (Å²) in [5, 5.41) is 4.47. The number of hydrogen-bond acceptors (Lipinski definition) is 2. The van der Waals surface area contributed by atoms with Crippen LogP contribution in [0.25, 0.3) is 11.5 Å². The Kier molecular flexibility index (Phi) is 5.48. The van der Waals surface area contributed by atoms with Crippen molar-refractivity contribution in [2.45, 2.75) is 26.4 Å². The van der Waals surface area contributed by atoms with Crippen molar-refractivity contribution in [3.63, 3.8) is 0 Å². The monoisotopic (exact) mass is 402 g/mol. The van der Waals surface area contributed by atoms with Crippen molar-refractivity contribution in [1.82, 2.24) is 19.2 Å². The minimum atomic E-state index is -0.321. The zero-order chi connectivity index (χ0) is 21.1. The molecule has 0 atom stereocenters. The van der Waals surface area contributed by atoms with Crippen LogP contribution in [-0.2, 0) is 6.54 Å². The molecule has 5 nitrogen and oxygen atoms in total. The minimum Gasteiger partial charge on any atom is -0.332 e. The lowest BCUT2D eigenvalue weighted by Gasteiger charge is -2.27. The Labute approximate surface area is 175 Å². The molecule has 0 aliphatic rings. The average molecular weight is 402 g/mol. The first-order valence-corrected chi connectivity index (χ1v) is 9.87. The molecule has 0 bridgehead atoms. The van der Waals surface area contributed by atoms with E-state index in [1.165, 1.54) is 12.1 Å². The molecule has 2 aromatic carbocycles. The molecule has 152 valence electrons. The lowest BCUT2D eigenvalue weighted by Crippen LogP contribution is -2.36. The van der Waals surface area contributed by atoms with Gasteiger partial charge in [-0.1, -0.05) is 30.3 Å². The molecule has 1 amide bonds. The Morgan fingerprint density at radius 2 is 1.67 bits per heavy atom. The van der Waals surface area contributed by atoms with Gasteiger partial charge in [0.05, 0.1) is 11.9 Å². The van der Waals surface area contributed by atoms with Gasteiger partial charge in [-0.3, -0.25) is 4.79 Å². The number of aromatic nitrogens is 3. The summed E-state index contributed by atoms with van der Waals surface area (Å²) in [7, 11) is 0. The van der Waals surface area contributed by atoms with Crippen molar-refractivity contribution >= 4 is 5.91 Å². The Hall–Kier alpha value is -3.67. The number of benzene rings is 2. The van der Waals surface area contributed by atoms with Crippen molar-refractivity contribution in [3.05, 3.63) is 102 Å². The van der Waals surface area contributed by atoms with E-state index in [9.17, 15) is 9.18 Å². The van der Waals surface area contributed by atoms with E-state index in [1.807, 2.05) is 78.2 Å². The Balaban J connectivity index is 1.77. The number of halogens is 1. The van der Waals surface area contributed by atoms with E-state index in [2.05, 4.69) is 5.10 Å². The van der Waals surface area contributed by atoms with Crippen LogP contribution in [0.15, 0.2) is 85.3 Å². The summed E-state index contributed by atoms with van der Waals surface area (Å²) in [5.74, 6) is 0.194. The van der Waals surface area contributed by atoms with Crippen molar-refractivity contribution in [1.29, 1.82) is 0 Å². The van der Waals surface area contributed by atoms with Crippen LogP contribution in [0.4, 0.5) is 4.39 Å². The summed E-state index contributed by atoms with van der Waals surface area (Å²) >= 11 is 0. The number of rotatable bonds is 6. The Morgan fingerprint density at radius 3 is 2.30 bits per heavy atom. The highest BCUT2D eigenvalue weighted by atomic mass is 19.1. The minimum absolute atomic E-state index is 0.00406. The summed E-state index contributed by atoms with van der Waals surface area (Å²) in [5.41, 5.74) is 2.23. The van der Waals surface area contributed by atoms with Crippen molar-refractivity contribution in [3.8, 4) is 11.5 Å². The van der Waals surface area contributed by atoms with E-state index in [4.69, 9.17) is 0 Å². The predicted octanol–water partition coefficient (Wildman–Crippen LogP) is 4.85. The van der Waals surface area contributed by atoms with E-state index < -0.39 is 0 Å². The van der Waals surface area contributed by atoms with Gasteiger partial charge in [-0.05, 0) is 55.8 Å². The smallest absolute Gasteiger partial charge is 0.259 e. The number of carbonyl (C=O) groups excluding carboxylic acids is 1. The molecule has 2 aromatic heterocycles. The van der Waals surface area contributed by atoms with Gasteiger partial charge in [-0.2, -0.15) is 5.10 Å². The summed E-state index contributed by atoms with van der Waals surface area (Å²) in [4.78, 5) is 15.4. The second-order valence-electron chi connectivity index (χ2n) is 7.37.